The summed E-state index contributed by atoms with van der Waals surface area (Å²) in [6.07, 6.45) is 3.46. The molecule has 0 saturated carbocycles. The van der Waals surface area contributed by atoms with Crippen molar-refractivity contribution in [3.8, 4) is 0 Å². The summed E-state index contributed by atoms with van der Waals surface area (Å²) in [4.78, 5) is 25.0. The molecule has 0 atom stereocenters. The highest BCUT2D eigenvalue weighted by Gasteiger charge is 2.27. The highest BCUT2D eigenvalue weighted by molar-refractivity contribution is 7.89. The lowest BCUT2D eigenvalue weighted by molar-refractivity contribution is 0.0474. The third-order valence-corrected chi connectivity index (χ3v) is 7.23. The van der Waals surface area contributed by atoms with Gasteiger partial charge in [0.15, 0.2) is 6.61 Å². The number of ether oxygens (including phenoxy) is 1. The molecule has 2 heterocycles. The number of allylic oxidation sites excluding steroid dienone is 1. The molecular formula is C22H26N2O5S. The topological polar surface area (TPSA) is 85.7 Å². The van der Waals surface area contributed by atoms with Crippen LogP contribution < -0.4 is 0 Å². The number of hydrogen-bond acceptors (Lipinski definition) is 5. The van der Waals surface area contributed by atoms with Gasteiger partial charge in [0.05, 0.1) is 10.5 Å². The maximum absolute atomic E-state index is 12.6. The third kappa shape index (κ3) is 4.39. The van der Waals surface area contributed by atoms with Gasteiger partial charge in [-0.1, -0.05) is 6.08 Å². The molecule has 1 aromatic carbocycles. The van der Waals surface area contributed by atoms with Gasteiger partial charge in [0.25, 0.3) is 0 Å². The van der Waals surface area contributed by atoms with Crippen molar-refractivity contribution >= 4 is 21.8 Å². The fourth-order valence-electron chi connectivity index (χ4n) is 3.63. The minimum atomic E-state index is -3.54. The molecule has 0 N–H and O–H groups in total. The van der Waals surface area contributed by atoms with Crippen LogP contribution in [0.5, 0.6) is 0 Å². The van der Waals surface area contributed by atoms with Crippen LogP contribution in [0.15, 0.2) is 47.9 Å². The number of Topliss-reactive ketones (excluding diaryl/α,β-unsaturated/α-hetero) is 1. The second-order valence-electron chi connectivity index (χ2n) is 7.32. The van der Waals surface area contributed by atoms with Crippen LogP contribution in [0.3, 0.4) is 0 Å². The summed E-state index contributed by atoms with van der Waals surface area (Å²) in [5.41, 5.74) is 2.43. The van der Waals surface area contributed by atoms with Crippen molar-refractivity contribution in [2.24, 2.45) is 0 Å². The van der Waals surface area contributed by atoms with Crippen molar-refractivity contribution in [3.63, 3.8) is 0 Å². The lowest BCUT2D eigenvalue weighted by atomic mass is 10.1. The van der Waals surface area contributed by atoms with Crippen LogP contribution in [0.25, 0.3) is 0 Å². The highest BCUT2D eigenvalue weighted by Crippen LogP contribution is 2.21. The Morgan fingerprint density at radius 2 is 1.77 bits per heavy atom. The number of carbonyl (C=O) groups excluding carboxylic acids is 2. The zero-order valence-corrected chi connectivity index (χ0v) is 18.1. The van der Waals surface area contributed by atoms with Gasteiger partial charge in [0.2, 0.25) is 15.8 Å². The molecule has 0 spiro atoms. The number of esters is 1. The summed E-state index contributed by atoms with van der Waals surface area (Å²) in [6.45, 7) is 8.69. The average molecular weight is 431 g/mol. The molecule has 160 valence electrons. The number of sulfonamides is 1. The van der Waals surface area contributed by atoms with Crippen LogP contribution >= 0.6 is 0 Å². The van der Waals surface area contributed by atoms with Crippen molar-refractivity contribution in [2.45, 2.75) is 38.1 Å². The van der Waals surface area contributed by atoms with Crippen molar-refractivity contribution in [3.05, 3.63) is 65.5 Å². The van der Waals surface area contributed by atoms with Gasteiger partial charge in [-0.3, -0.25) is 4.79 Å². The van der Waals surface area contributed by atoms with Crippen LogP contribution in [0.4, 0.5) is 0 Å². The van der Waals surface area contributed by atoms with Gasteiger partial charge in [0, 0.05) is 36.6 Å². The average Bonchev–Trinajstić information content (AvgIpc) is 3.37. The standard InChI is InChI=1S/C22H26N2O5S/c1-4-11-24-16(2)14-20(17(24)3)21(25)15-29-22(26)18-7-9-19(10-8-18)30(27,28)23-12-5-6-13-23/h4,7-10,14H,1,5-6,11-13,15H2,2-3H3. The highest BCUT2D eigenvalue weighted by atomic mass is 32.2. The number of benzene rings is 1. The number of rotatable bonds is 8. The molecule has 1 aliphatic rings. The van der Waals surface area contributed by atoms with Gasteiger partial charge < -0.3 is 9.30 Å². The minimum Gasteiger partial charge on any atom is -0.454 e. The Bertz CT molecular complexity index is 1060. The van der Waals surface area contributed by atoms with Crippen LogP contribution in [-0.4, -0.2) is 48.7 Å². The van der Waals surface area contributed by atoms with E-state index in [0.717, 1.165) is 24.2 Å². The predicted octanol–water partition coefficient (Wildman–Crippen LogP) is 3.12. The number of aryl methyl sites for hydroxylation is 1. The molecule has 1 aromatic heterocycles. The number of hydrogen-bond donors (Lipinski definition) is 0. The van der Waals surface area contributed by atoms with E-state index in [4.69, 9.17) is 4.74 Å². The maximum Gasteiger partial charge on any atom is 0.338 e. The molecule has 0 amide bonds. The normalized spacial score (nSPS) is 14.6. The van der Waals surface area contributed by atoms with Crippen molar-refractivity contribution in [1.29, 1.82) is 0 Å². The van der Waals surface area contributed by atoms with E-state index < -0.39 is 16.0 Å². The second-order valence-corrected chi connectivity index (χ2v) is 9.26. The first-order valence-electron chi connectivity index (χ1n) is 9.84. The van der Waals surface area contributed by atoms with E-state index >= 15 is 0 Å². The van der Waals surface area contributed by atoms with Crippen LogP contribution in [0, 0.1) is 13.8 Å². The summed E-state index contributed by atoms with van der Waals surface area (Å²) in [7, 11) is -3.54. The zero-order valence-electron chi connectivity index (χ0n) is 17.3. The van der Waals surface area contributed by atoms with E-state index in [9.17, 15) is 18.0 Å². The second kappa shape index (κ2) is 8.97. The van der Waals surface area contributed by atoms with E-state index in [1.807, 2.05) is 18.4 Å². The molecule has 8 heteroatoms. The minimum absolute atomic E-state index is 0.145. The summed E-state index contributed by atoms with van der Waals surface area (Å²) < 4.78 is 33.7. The van der Waals surface area contributed by atoms with Gasteiger partial charge in [-0.2, -0.15) is 4.31 Å². The lowest BCUT2D eigenvalue weighted by Crippen LogP contribution is -2.27. The fraction of sp³-hybridized carbons (Fsp3) is 0.364. The number of aromatic nitrogens is 1. The number of carbonyl (C=O) groups is 2. The van der Waals surface area contributed by atoms with E-state index in [2.05, 4.69) is 6.58 Å². The zero-order chi connectivity index (χ0) is 21.9. The molecule has 1 saturated heterocycles. The Balaban J connectivity index is 1.64. The first-order chi connectivity index (χ1) is 14.3. The van der Waals surface area contributed by atoms with E-state index in [1.165, 1.54) is 28.6 Å². The quantitative estimate of drug-likeness (QED) is 0.365. The van der Waals surface area contributed by atoms with Crippen LogP contribution in [0.1, 0.15) is 44.9 Å². The molecule has 0 unspecified atom stereocenters. The molecule has 30 heavy (non-hydrogen) atoms. The van der Waals surface area contributed by atoms with E-state index in [0.29, 0.717) is 25.2 Å². The van der Waals surface area contributed by atoms with Gasteiger partial charge in [-0.25, -0.2) is 13.2 Å². The third-order valence-electron chi connectivity index (χ3n) is 5.31. The van der Waals surface area contributed by atoms with Crippen molar-refractivity contribution < 1.29 is 22.7 Å². The largest absolute Gasteiger partial charge is 0.454 e. The maximum atomic E-state index is 12.6. The lowest BCUT2D eigenvalue weighted by Gasteiger charge is -2.15. The van der Waals surface area contributed by atoms with Gasteiger partial charge in [0.1, 0.15) is 0 Å². The van der Waals surface area contributed by atoms with E-state index in [-0.39, 0.29) is 22.8 Å². The molecular weight excluding hydrogens is 404 g/mol. The van der Waals surface area contributed by atoms with Crippen molar-refractivity contribution in [2.75, 3.05) is 19.7 Å². The Morgan fingerprint density at radius 3 is 2.37 bits per heavy atom. The summed E-state index contributed by atoms with van der Waals surface area (Å²) >= 11 is 0. The smallest absolute Gasteiger partial charge is 0.338 e. The number of ketones is 1. The SMILES string of the molecule is C=CCn1c(C)cc(C(=O)COC(=O)c2ccc(S(=O)(=O)N3CCCC3)cc2)c1C. The molecule has 0 radical (unpaired) electrons. The Hall–Kier alpha value is -2.71. The first kappa shape index (κ1) is 22.0. The van der Waals surface area contributed by atoms with Crippen LogP contribution in [-0.2, 0) is 21.3 Å². The summed E-state index contributed by atoms with van der Waals surface area (Å²) in [5.74, 6) is -0.964. The monoisotopic (exact) mass is 430 g/mol. The summed E-state index contributed by atoms with van der Waals surface area (Å²) in [5, 5.41) is 0. The Labute approximate surface area is 177 Å². The molecule has 0 bridgehead atoms. The predicted molar refractivity (Wildman–Crippen MR) is 113 cm³/mol. The molecule has 0 aliphatic carbocycles. The fourth-order valence-corrected chi connectivity index (χ4v) is 5.14. The summed E-state index contributed by atoms with van der Waals surface area (Å²) in [6, 6.07) is 7.38. The van der Waals surface area contributed by atoms with Crippen molar-refractivity contribution in [1.82, 2.24) is 8.87 Å². The Kier molecular flexibility index (Phi) is 6.58. The van der Waals surface area contributed by atoms with Crippen LogP contribution in [0.2, 0.25) is 0 Å². The molecule has 2 aromatic rings. The Morgan fingerprint density at radius 1 is 1.13 bits per heavy atom. The van der Waals surface area contributed by atoms with Gasteiger partial charge >= 0.3 is 5.97 Å². The molecule has 3 rings (SSSR count). The first-order valence-corrected chi connectivity index (χ1v) is 11.3. The molecule has 7 nitrogen and oxygen atoms in total. The number of nitrogens with zero attached hydrogens (tertiary/aromatic N) is 2. The van der Waals surface area contributed by atoms with Gasteiger partial charge in [-0.15, -0.1) is 6.58 Å². The molecule has 1 aliphatic heterocycles. The molecule has 1 fully saturated rings. The van der Waals surface area contributed by atoms with E-state index in [1.54, 1.807) is 12.1 Å². The van der Waals surface area contributed by atoms with Gasteiger partial charge in [-0.05, 0) is 57.0 Å².